The van der Waals surface area contributed by atoms with Crippen LogP contribution in [0.4, 0.5) is 0 Å². The SMILES string of the molecule is CC#COC(=O)C/C(C)=C/C=C/C. The summed E-state index contributed by atoms with van der Waals surface area (Å²) < 4.78 is 4.58. The van der Waals surface area contributed by atoms with Crippen molar-refractivity contribution < 1.29 is 9.53 Å². The average Bonchev–Trinajstić information content (AvgIpc) is 2.11. The smallest absolute Gasteiger partial charge is 0.323 e. The van der Waals surface area contributed by atoms with Crippen LogP contribution in [0.3, 0.4) is 0 Å². The van der Waals surface area contributed by atoms with Gasteiger partial charge in [-0.05, 0) is 13.8 Å². The van der Waals surface area contributed by atoms with Crippen molar-refractivity contribution in [2.24, 2.45) is 0 Å². The van der Waals surface area contributed by atoms with Crippen LogP contribution >= 0.6 is 0 Å². The summed E-state index contributed by atoms with van der Waals surface area (Å²) in [7, 11) is 0. The van der Waals surface area contributed by atoms with Crippen molar-refractivity contribution in [3.05, 3.63) is 23.8 Å². The highest BCUT2D eigenvalue weighted by Crippen LogP contribution is 2.01. The van der Waals surface area contributed by atoms with Gasteiger partial charge in [0.2, 0.25) is 0 Å². The van der Waals surface area contributed by atoms with Crippen LogP contribution in [0.15, 0.2) is 23.8 Å². The molecule has 0 N–H and O–H groups in total. The number of hydrogen-bond acceptors (Lipinski definition) is 2. The van der Waals surface area contributed by atoms with Crippen LogP contribution in [-0.2, 0) is 9.53 Å². The van der Waals surface area contributed by atoms with Crippen molar-refractivity contribution in [3.63, 3.8) is 0 Å². The van der Waals surface area contributed by atoms with E-state index in [4.69, 9.17) is 0 Å². The van der Waals surface area contributed by atoms with Crippen molar-refractivity contribution in [2.75, 3.05) is 0 Å². The second-order valence-corrected chi connectivity index (χ2v) is 2.54. The molecule has 0 bridgehead atoms. The molecule has 0 fully saturated rings. The van der Waals surface area contributed by atoms with Gasteiger partial charge in [-0.1, -0.05) is 29.7 Å². The lowest BCUT2D eigenvalue weighted by molar-refractivity contribution is -0.136. The second kappa shape index (κ2) is 7.17. The Morgan fingerprint density at radius 3 is 2.77 bits per heavy atom. The van der Waals surface area contributed by atoms with E-state index in [9.17, 15) is 4.79 Å². The molecule has 0 heterocycles. The first-order valence-electron chi connectivity index (χ1n) is 4.10. The Morgan fingerprint density at radius 2 is 2.23 bits per heavy atom. The molecule has 0 saturated carbocycles. The molecule has 2 nitrogen and oxygen atoms in total. The zero-order valence-electron chi connectivity index (χ0n) is 8.26. The highest BCUT2D eigenvalue weighted by molar-refractivity contribution is 5.73. The summed E-state index contributed by atoms with van der Waals surface area (Å²) >= 11 is 0. The predicted molar refractivity (Wildman–Crippen MR) is 52.7 cm³/mol. The Hall–Kier alpha value is -1.49. The molecule has 0 spiro atoms. The fraction of sp³-hybridized carbons (Fsp3) is 0.364. The molecule has 0 unspecified atom stereocenters. The maximum Gasteiger partial charge on any atom is 0.323 e. The van der Waals surface area contributed by atoms with Crippen molar-refractivity contribution in [2.45, 2.75) is 27.2 Å². The lowest BCUT2D eigenvalue weighted by Crippen LogP contribution is -1.99. The van der Waals surface area contributed by atoms with Crippen molar-refractivity contribution in [3.8, 4) is 12.0 Å². The lowest BCUT2D eigenvalue weighted by Gasteiger charge is -1.95. The van der Waals surface area contributed by atoms with Gasteiger partial charge in [0.05, 0.1) is 6.42 Å². The summed E-state index contributed by atoms with van der Waals surface area (Å²) in [5.41, 5.74) is 0.959. The van der Waals surface area contributed by atoms with Crippen LogP contribution in [0.2, 0.25) is 0 Å². The topological polar surface area (TPSA) is 26.3 Å². The Balaban J connectivity index is 3.95. The van der Waals surface area contributed by atoms with Gasteiger partial charge in [-0.25, -0.2) is 0 Å². The summed E-state index contributed by atoms with van der Waals surface area (Å²) in [6.07, 6.45) is 8.22. The third-order valence-electron chi connectivity index (χ3n) is 1.26. The molecular formula is C11H14O2. The summed E-state index contributed by atoms with van der Waals surface area (Å²) in [5, 5.41) is 0. The molecule has 0 aliphatic rings. The van der Waals surface area contributed by atoms with Gasteiger partial charge in [0, 0.05) is 6.92 Å². The minimum absolute atomic E-state index is 0.291. The standard InChI is InChI=1S/C11H14O2/c1-4-6-7-10(3)9-11(12)13-8-5-2/h4,6-7H,9H2,1-3H3/b6-4+,10-7+. The van der Waals surface area contributed by atoms with Crippen LogP contribution in [0, 0.1) is 12.0 Å². The number of hydrogen-bond donors (Lipinski definition) is 0. The predicted octanol–water partition coefficient (Wildman–Crippen LogP) is 2.42. The molecule has 0 saturated heterocycles. The summed E-state index contributed by atoms with van der Waals surface area (Å²) in [5.74, 6) is 2.18. The third kappa shape index (κ3) is 6.89. The van der Waals surface area contributed by atoms with Crippen LogP contribution in [0.1, 0.15) is 27.2 Å². The van der Waals surface area contributed by atoms with Gasteiger partial charge in [0.1, 0.15) is 6.11 Å². The molecule has 2 heteroatoms. The van der Waals surface area contributed by atoms with Gasteiger partial charge in [-0.2, -0.15) is 0 Å². The molecular weight excluding hydrogens is 164 g/mol. The van der Waals surface area contributed by atoms with E-state index in [0.717, 1.165) is 5.57 Å². The molecule has 0 amide bonds. The van der Waals surface area contributed by atoms with Crippen LogP contribution in [0.25, 0.3) is 0 Å². The monoisotopic (exact) mass is 178 g/mol. The number of carbonyl (C=O) groups excluding carboxylic acids is 1. The van der Waals surface area contributed by atoms with E-state index in [0.29, 0.717) is 6.42 Å². The zero-order chi connectivity index (χ0) is 10.1. The van der Waals surface area contributed by atoms with E-state index in [1.807, 2.05) is 32.1 Å². The van der Waals surface area contributed by atoms with Crippen molar-refractivity contribution in [1.82, 2.24) is 0 Å². The first-order chi connectivity index (χ1) is 6.20. The molecule has 0 aliphatic heterocycles. The Bertz CT molecular complexity index is 274. The van der Waals surface area contributed by atoms with Gasteiger partial charge >= 0.3 is 5.97 Å². The molecule has 0 rings (SSSR count). The maximum atomic E-state index is 11.0. The molecule has 0 aromatic carbocycles. The highest BCUT2D eigenvalue weighted by atomic mass is 16.5. The largest absolute Gasteiger partial charge is 0.372 e. The van der Waals surface area contributed by atoms with E-state index in [-0.39, 0.29) is 5.97 Å². The fourth-order valence-electron chi connectivity index (χ4n) is 0.691. The molecule has 0 aliphatic carbocycles. The van der Waals surface area contributed by atoms with Crippen LogP contribution < -0.4 is 0 Å². The number of rotatable bonds is 3. The minimum Gasteiger partial charge on any atom is -0.372 e. The summed E-state index contributed by atoms with van der Waals surface area (Å²) in [6, 6.07) is 0. The average molecular weight is 178 g/mol. The molecule has 0 aromatic heterocycles. The van der Waals surface area contributed by atoms with Crippen molar-refractivity contribution >= 4 is 5.97 Å². The Labute approximate surface area is 79.3 Å². The lowest BCUT2D eigenvalue weighted by atomic mass is 10.2. The third-order valence-corrected chi connectivity index (χ3v) is 1.26. The molecule has 0 atom stereocenters. The first-order valence-corrected chi connectivity index (χ1v) is 4.10. The van der Waals surface area contributed by atoms with E-state index >= 15 is 0 Å². The molecule has 0 radical (unpaired) electrons. The summed E-state index contributed by atoms with van der Waals surface area (Å²) in [4.78, 5) is 11.0. The normalized spacial score (nSPS) is 10.8. The minimum atomic E-state index is -0.312. The highest BCUT2D eigenvalue weighted by Gasteiger charge is 2.00. The van der Waals surface area contributed by atoms with Gasteiger partial charge < -0.3 is 4.74 Å². The Kier molecular flexibility index (Phi) is 6.35. The van der Waals surface area contributed by atoms with E-state index in [2.05, 4.69) is 16.8 Å². The van der Waals surface area contributed by atoms with E-state index < -0.39 is 0 Å². The van der Waals surface area contributed by atoms with Gasteiger partial charge in [-0.3, -0.25) is 4.79 Å². The number of ether oxygens (including phenoxy) is 1. The van der Waals surface area contributed by atoms with Crippen LogP contribution in [-0.4, -0.2) is 5.97 Å². The number of esters is 1. The van der Waals surface area contributed by atoms with Crippen molar-refractivity contribution in [1.29, 1.82) is 0 Å². The second-order valence-electron chi connectivity index (χ2n) is 2.54. The van der Waals surface area contributed by atoms with Crippen LogP contribution in [0.5, 0.6) is 0 Å². The molecule has 13 heavy (non-hydrogen) atoms. The van der Waals surface area contributed by atoms with E-state index in [1.165, 1.54) is 0 Å². The Morgan fingerprint density at radius 1 is 1.54 bits per heavy atom. The number of carbonyl (C=O) groups is 1. The van der Waals surface area contributed by atoms with E-state index in [1.54, 1.807) is 6.92 Å². The molecule has 70 valence electrons. The molecule has 0 aromatic rings. The summed E-state index contributed by atoms with van der Waals surface area (Å²) in [6.45, 7) is 5.42. The first kappa shape index (κ1) is 11.5. The van der Waals surface area contributed by atoms with Gasteiger partial charge in [0.15, 0.2) is 0 Å². The quantitative estimate of drug-likeness (QED) is 0.377. The maximum absolute atomic E-state index is 11.0. The fourth-order valence-corrected chi connectivity index (χ4v) is 0.691. The number of allylic oxidation sites excluding steroid dienone is 3. The zero-order valence-corrected chi connectivity index (χ0v) is 8.26. The van der Waals surface area contributed by atoms with Gasteiger partial charge in [-0.15, -0.1) is 0 Å². The van der Waals surface area contributed by atoms with Gasteiger partial charge in [0.25, 0.3) is 0 Å².